The Morgan fingerprint density at radius 3 is 2.53 bits per heavy atom. The van der Waals surface area contributed by atoms with E-state index in [1.165, 1.54) is 6.92 Å². The van der Waals surface area contributed by atoms with Gasteiger partial charge in [-0.1, -0.05) is 37.3 Å². The highest BCUT2D eigenvalue weighted by Gasteiger charge is 2.32. The smallest absolute Gasteiger partial charge is 0.308 e. The molecule has 1 aromatic heterocycles. The lowest BCUT2D eigenvalue weighted by Crippen LogP contribution is -2.42. The van der Waals surface area contributed by atoms with Gasteiger partial charge in [0.15, 0.2) is 0 Å². The number of aryl methyl sites for hydroxylation is 2. The molecular formula is C28H33N3O3. The van der Waals surface area contributed by atoms with Gasteiger partial charge in [0.2, 0.25) is 5.91 Å². The van der Waals surface area contributed by atoms with Crippen molar-refractivity contribution < 1.29 is 14.3 Å². The highest BCUT2D eigenvalue weighted by molar-refractivity contribution is 5.79. The van der Waals surface area contributed by atoms with Gasteiger partial charge in [0, 0.05) is 19.4 Å². The number of esters is 1. The van der Waals surface area contributed by atoms with E-state index in [-0.39, 0.29) is 23.8 Å². The fraction of sp³-hybridized carbons (Fsp3) is 0.393. The number of aromatic nitrogens is 2. The molecule has 2 heterocycles. The lowest BCUT2D eigenvalue weighted by atomic mass is 9.91. The number of benzene rings is 2. The van der Waals surface area contributed by atoms with Crippen LogP contribution in [0.1, 0.15) is 61.7 Å². The molecule has 2 aromatic carbocycles. The van der Waals surface area contributed by atoms with Crippen molar-refractivity contribution in [3.05, 3.63) is 71.2 Å². The first-order valence-electron chi connectivity index (χ1n) is 12.0. The molecule has 6 nitrogen and oxygen atoms in total. The zero-order valence-corrected chi connectivity index (χ0v) is 20.4. The van der Waals surface area contributed by atoms with E-state index in [0.29, 0.717) is 12.2 Å². The predicted molar refractivity (Wildman–Crippen MR) is 132 cm³/mol. The third-order valence-electron chi connectivity index (χ3n) is 6.64. The molecule has 1 fully saturated rings. The topological polar surface area (TPSA) is 75.3 Å². The van der Waals surface area contributed by atoms with Crippen LogP contribution in [-0.2, 0) is 16.0 Å². The van der Waals surface area contributed by atoms with Gasteiger partial charge in [0.1, 0.15) is 11.6 Å². The Balaban J connectivity index is 1.51. The van der Waals surface area contributed by atoms with Crippen LogP contribution in [0.15, 0.2) is 48.7 Å². The van der Waals surface area contributed by atoms with E-state index >= 15 is 0 Å². The van der Waals surface area contributed by atoms with Crippen molar-refractivity contribution in [1.82, 2.24) is 14.9 Å². The van der Waals surface area contributed by atoms with Crippen LogP contribution in [0, 0.1) is 19.8 Å². The molecule has 4 rings (SSSR count). The number of hydrogen-bond donors (Lipinski definition) is 1. The SMILES string of the molecule is CC(=O)Oc1cc(C)c(C[C@H](C)C(=O)N2CCCCC2c2ncc(-c3ccccc3)[nH]2)c(C)c1. The Hall–Kier alpha value is -3.41. The summed E-state index contributed by atoms with van der Waals surface area (Å²) in [4.78, 5) is 35.1. The number of aromatic amines is 1. The highest BCUT2D eigenvalue weighted by atomic mass is 16.5. The van der Waals surface area contributed by atoms with Crippen LogP contribution in [0.4, 0.5) is 0 Å². The summed E-state index contributed by atoms with van der Waals surface area (Å²) in [6, 6.07) is 13.8. The molecule has 0 saturated carbocycles. The average molecular weight is 460 g/mol. The zero-order valence-electron chi connectivity index (χ0n) is 20.4. The number of piperidine rings is 1. The lowest BCUT2D eigenvalue weighted by molar-refractivity contribution is -0.139. The van der Waals surface area contributed by atoms with Crippen LogP contribution in [0.3, 0.4) is 0 Å². The van der Waals surface area contributed by atoms with Crippen LogP contribution in [-0.4, -0.2) is 33.3 Å². The minimum absolute atomic E-state index is 0.0327. The maximum Gasteiger partial charge on any atom is 0.308 e. The number of rotatable bonds is 6. The second kappa shape index (κ2) is 10.2. The Morgan fingerprint density at radius 1 is 1.15 bits per heavy atom. The fourth-order valence-electron chi connectivity index (χ4n) is 4.93. The third-order valence-corrected chi connectivity index (χ3v) is 6.64. The molecule has 1 aliphatic rings. The van der Waals surface area contributed by atoms with Gasteiger partial charge in [-0.25, -0.2) is 4.98 Å². The van der Waals surface area contributed by atoms with Gasteiger partial charge < -0.3 is 14.6 Å². The summed E-state index contributed by atoms with van der Waals surface area (Å²) in [5, 5.41) is 0. The zero-order chi connectivity index (χ0) is 24.2. The maximum absolute atomic E-state index is 13.6. The number of carbonyl (C=O) groups excluding carboxylic acids is 2. The van der Waals surface area contributed by atoms with Gasteiger partial charge in [0.25, 0.3) is 0 Å². The Kier molecular flexibility index (Phi) is 7.15. The van der Waals surface area contributed by atoms with E-state index in [2.05, 4.69) is 22.1 Å². The van der Waals surface area contributed by atoms with E-state index in [1.54, 1.807) is 0 Å². The van der Waals surface area contributed by atoms with Gasteiger partial charge in [-0.05, 0) is 73.9 Å². The van der Waals surface area contributed by atoms with Crippen LogP contribution >= 0.6 is 0 Å². The predicted octanol–water partition coefficient (Wildman–Crippen LogP) is 5.55. The molecule has 1 amide bonds. The van der Waals surface area contributed by atoms with Gasteiger partial charge in [-0.15, -0.1) is 0 Å². The molecule has 1 aliphatic heterocycles. The summed E-state index contributed by atoms with van der Waals surface area (Å²) in [5.74, 6) is 1.07. The van der Waals surface area contributed by atoms with Crippen molar-refractivity contribution in [1.29, 1.82) is 0 Å². The number of nitrogens with zero attached hydrogens (tertiary/aromatic N) is 2. The Labute approximate surface area is 201 Å². The lowest BCUT2D eigenvalue weighted by Gasteiger charge is -2.36. The summed E-state index contributed by atoms with van der Waals surface area (Å²) in [6.45, 7) is 8.16. The van der Waals surface area contributed by atoms with Crippen LogP contribution < -0.4 is 4.74 Å². The molecule has 3 aromatic rings. The normalized spacial score (nSPS) is 16.8. The first kappa shape index (κ1) is 23.7. The largest absolute Gasteiger partial charge is 0.427 e. The maximum atomic E-state index is 13.6. The minimum atomic E-state index is -0.334. The number of likely N-dealkylation sites (tertiary alicyclic amines) is 1. The number of ether oxygens (including phenoxy) is 1. The second-order valence-corrected chi connectivity index (χ2v) is 9.33. The Morgan fingerprint density at radius 2 is 1.85 bits per heavy atom. The molecule has 178 valence electrons. The number of hydrogen-bond acceptors (Lipinski definition) is 4. The number of carbonyl (C=O) groups is 2. The molecule has 6 heteroatoms. The molecule has 2 atom stereocenters. The number of nitrogens with one attached hydrogen (secondary N) is 1. The first-order chi connectivity index (χ1) is 16.3. The quantitative estimate of drug-likeness (QED) is 0.387. The summed E-state index contributed by atoms with van der Waals surface area (Å²) in [6.07, 6.45) is 5.52. The summed E-state index contributed by atoms with van der Waals surface area (Å²) < 4.78 is 5.25. The average Bonchev–Trinajstić information content (AvgIpc) is 3.31. The molecule has 0 aliphatic carbocycles. The molecule has 1 N–H and O–H groups in total. The number of H-pyrrole nitrogens is 1. The van der Waals surface area contributed by atoms with E-state index < -0.39 is 0 Å². The number of amides is 1. The van der Waals surface area contributed by atoms with Gasteiger partial charge in [-0.3, -0.25) is 9.59 Å². The minimum Gasteiger partial charge on any atom is -0.427 e. The molecule has 0 spiro atoms. The summed E-state index contributed by atoms with van der Waals surface area (Å²) in [7, 11) is 0. The molecular weight excluding hydrogens is 426 g/mol. The van der Waals surface area contributed by atoms with E-state index in [0.717, 1.165) is 59.6 Å². The van der Waals surface area contributed by atoms with Gasteiger partial charge in [-0.2, -0.15) is 0 Å². The standard InChI is InChI=1S/C28H33N3O3/c1-18-14-23(34-21(4)32)15-19(2)24(18)16-20(3)28(33)31-13-9-8-12-26(31)27-29-17-25(30-27)22-10-6-5-7-11-22/h5-7,10-11,14-15,17,20,26H,8-9,12-13,16H2,1-4H3,(H,29,30)/t20-,26?/m0/s1. The third kappa shape index (κ3) is 5.22. The molecule has 34 heavy (non-hydrogen) atoms. The molecule has 1 unspecified atom stereocenters. The van der Waals surface area contributed by atoms with Crippen molar-refractivity contribution in [2.75, 3.05) is 6.54 Å². The molecule has 0 radical (unpaired) electrons. The van der Waals surface area contributed by atoms with Gasteiger partial charge >= 0.3 is 5.97 Å². The van der Waals surface area contributed by atoms with E-state index in [1.807, 2.05) is 62.2 Å². The van der Waals surface area contributed by atoms with Crippen molar-refractivity contribution in [2.45, 2.75) is 59.4 Å². The monoisotopic (exact) mass is 459 g/mol. The molecule has 0 bridgehead atoms. The molecule has 1 saturated heterocycles. The van der Waals surface area contributed by atoms with Crippen molar-refractivity contribution >= 4 is 11.9 Å². The van der Waals surface area contributed by atoms with Crippen LogP contribution in [0.2, 0.25) is 0 Å². The van der Waals surface area contributed by atoms with Crippen molar-refractivity contribution in [3.8, 4) is 17.0 Å². The van der Waals surface area contributed by atoms with E-state index in [4.69, 9.17) is 4.74 Å². The Bertz CT molecular complexity index is 1150. The second-order valence-electron chi connectivity index (χ2n) is 9.33. The van der Waals surface area contributed by atoms with Crippen LogP contribution in [0.5, 0.6) is 5.75 Å². The van der Waals surface area contributed by atoms with Crippen LogP contribution in [0.25, 0.3) is 11.3 Å². The highest BCUT2D eigenvalue weighted by Crippen LogP contribution is 2.33. The van der Waals surface area contributed by atoms with Gasteiger partial charge in [0.05, 0.1) is 17.9 Å². The summed E-state index contributed by atoms with van der Waals surface area (Å²) in [5.41, 5.74) is 5.26. The summed E-state index contributed by atoms with van der Waals surface area (Å²) >= 11 is 0. The number of imidazole rings is 1. The first-order valence-corrected chi connectivity index (χ1v) is 12.0. The van der Waals surface area contributed by atoms with Crippen molar-refractivity contribution in [2.24, 2.45) is 5.92 Å². The van der Waals surface area contributed by atoms with E-state index in [9.17, 15) is 9.59 Å². The fourth-order valence-corrected chi connectivity index (χ4v) is 4.93. The van der Waals surface area contributed by atoms with Crippen molar-refractivity contribution in [3.63, 3.8) is 0 Å².